The molecule has 0 amide bonds. The number of rotatable bonds is 3. The molecule has 0 spiro atoms. The number of halogens is 1. The van der Waals surface area contributed by atoms with Crippen LogP contribution in [0.25, 0.3) is 0 Å². The minimum Gasteiger partial charge on any atom is -0.326 e. The highest BCUT2D eigenvalue weighted by atomic mass is 79.9. The van der Waals surface area contributed by atoms with E-state index in [-0.39, 0.29) is 11.6 Å². The molecule has 0 saturated heterocycles. The first kappa shape index (κ1) is 13.3. The van der Waals surface area contributed by atoms with Crippen LogP contribution in [-0.4, -0.2) is 9.55 Å². The van der Waals surface area contributed by atoms with Crippen LogP contribution in [0.5, 0.6) is 0 Å². The fourth-order valence-electron chi connectivity index (χ4n) is 2.01. The van der Waals surface area contributed by atoms with Crippen LogP contribution in [0.15, 0.2) is 41.3 Å². The van der Waals surface area contributed by atoms with Gasteiger partial charge in [0.1, 0.15) is 0 Å². The van der Waals surface area contributed by atoms with Crippen LogP contribution in [0.2, 0.25) is 0 Å². The standard InChI is InChI=1S/C14H18BrN3/c1-10(11-4-6-12(15)7-5-11)18-9-17-8-13(18)14(2,3)16/h4-10H,16H2,1-3H3. The summed E-state index contributed by atoms with van der Waals surface area (Å²) >= 11 is 3.45. The summed E-state index contributed by atoms with van der Waals surface area (Å²) < 4.78 is 3.21. The Balaban J connectivity index is 2.37. The Labute approximate surface area is 116 Å². The number of nitrogens with two attached hydrogens (primary N) is 1. The Kier molecular flexibility index (Phi) is 3.59. The molecule has 1 atom stereocenters. The van der Waals surface area contributed by atoms with Crippen LogP contribution in [0, 0.1) is 0 Å². The Morgan fingerprint density at radius 3 is 2.44 bits per heavy atom. The molecular weight excluding hydrogens is 290 g/mol. The van der Waals surface area contributed by atoms with Gasteiger partial charge in [-0.1, -0.05) is 28.1 Å². The van der Waals surface area contributed by atoms with Gasteiger partial charge in [-0.05, 0) is 38.5 Å². The molecule has 4 heteroatoms. The van der Waals surface area contributed by atoms with Crippen molar-refractivity contribution in [3.05, 3.63) is 52.5 Å². The monoisotopic (exact) mass is 307 g/mol. The Morgan fingerprint density at radius 1 is 1.28 bits per heavy atom. The molecule has 1 unspecified atom stereocenters. The molecule has 0 fully saturated rings. The number of hydrogen-bond donors (Lipinski definition) is 1. The summed E-state index contributed by atoms with van der Waals surface area (Å²) in [5.74, 6) is 0. The van der Waals surface area contributed by atoms with Crippen molar-refractivity contribution in [2.24, 2.45) is 5.73 Å². The van der Waals surface area contributed by atoms with Gasteiger partial charge in [0, 0.05) is 4.47 Å². The summed E-state index contributed by atoms with van der Waals surface area (Å²) in [6.45, 7) is 6.14. The topological polar surface area (TPSA) is 43.8 Å². The highest BCUT2D eigenvalue weighted by Gasteiger charge is 2.21. The van der Waals surface area contributed by atoms with Gasteiger partial charge in [-0.15, -0.1) is 0 Å². The van der Waals surface area contributed by atoms with E-state index in [9.17, 15) is 0 Å². The van der Waals surface area contributed by atoms with Crippen LogP contribution in [-0.2, 0) is 5.54 Å². The molecule has 18 heavy (non-hydrogen) atoms. The lowest BCUT2D eigenvalue weighted by atomic mass is 10.0. The van der Waals surface area contributed by atoms with Crippen molar-refractivity contribution in [3.63, 3.8) is 0 Å². The van der Waals surface area contributed by atoms with Gasteiger partial charge < -0.3 is 10.3 Å². The van der Waals surface area contributed by atoms with Crippen LogP contribution < -0.4 is 5.73 Å². The first-order chi connectivity index (χ1) is 8.39. The van der Waals surface area contributed by atoms with Gasteiger partial charge in [0.25, 0.3) is 0 Å². The highest BCUT2D eigenvalue weighted by molar-refractivity contribution is 9.10. The van der Waals surface area contributed by atoms with Crippen LogP contribution in [0.4, 0.5) is 0 Å². The van der Waals surface area contributed by atoms with E-state index >= 15 is 0 Å². The second-order valence-corrected chi connectivity index (χ2v) is 6.05. The van der Waals surface area contributed by atoms with Crippen molar-refractivity contribution in [1.82, 2.24) is 9.55 Å². The lowest BCUT2D eigenvalue weighted by molar-refractivity contribution is 0.477. The third kappa shape index (κ3) is 2.65. The lowest BCUT2D eigenvalue weighted by Crippen LogP contribution is -2.32. The quantitative estimate of drug-likeness (QED) is 0.944. The van der Waals surface area contributed by atoms with E-state index in [1.54, 1.807) is 0 Å². The van der Waals surface area contributed by atoms with Gasteiger partial charge in [0.15, 0.2) is 0 Å². The van der Waals surface area contributed by atoms with Gasteiger partial charge in [-0.2, -0.15) is 0 Å². The van der Waals surface area contributed by atoms with Crippen molar-refractivity contribution in [3.8, 4) is 0 Å². The molecule has 0 aliphatic rings. The molecule has 2 aromatic rings. The average molecular weight is 308 g/mol. The molecule has 1 aromatic carbocycles. The van der Waals surface area contributed by atoms with E-state index in [0.717, 1.165) is 10.2 Å². The van der Waals surface area contributed by atoms with Crippen molar-refractivity contribution in [2.45, 2.75) is 32.4 Å². The Bertz CT molecular complexity index is 523. The summed E-state index contributed by atoms with van der Waals surface area (Å²) in [7, 11) is 0. The molecule has 0 aliphatic heterocycles. The van der Waals surface area contributed by atoms with E-state index < -0.39 is 0 Å². The largest absolute Gasteiger partial charge is 0.326 e. The second kappa shape index (κ2) is 4.86. The van der Waals surface area contributed by atoms with Gasteiger partial charge >= 0.3 is 0 Å². The maximum Gasteiger partial charge on any atom is 0.0954 e. The second-order valence-electron chi connectivity index (χ2n) is 5.14. The zero-order valence-electron chi connectivity index (χ0n) is 10.9. The first-order valence-electron chi connectivity index (χ1n) is 5.96. The number of aromatic nitrogens is 2. The van der Waals surface area contributed by atoms with E-state index in [2.05, 4.69) is 56.7 Å². The molecule has 0 bridgehead atoms. The molecule has 3 nitrogen and oxygen atoms in total. The van der Waals surface area contributed by atoms with Crippen molar-refractivity contribution in [1.29, 1.82) is 0 Å². The molecule has 2 rings (SSSR count). The zero-order valence-corrected chi connectivity index (χ0v) is 12.5. The summed E-state index contributed by atoms with van der Waals surface area (Å²) in [5.41, 5.74) is 8.06. The zero-order chi connectivity index (χ0) is 13.3. The maximum absolute atomic E-state index is 6.17. The third-order valence-electron chi connectivity index (χ3n) is 3.10. The maximum atomic E-state index is 6.17. The molecule has 0 radical (unpaired) electrons. The average Bonchev–Trinajstić information content (AvgIpc) is 2.77. The predicted octanol–water partition coefficient (Wildman–Crippen LogP) is 3.45. The highest BCUT2D eigenvalue weighted by Crippen LogP contribution is 2.25. The van der Waals surface area contributed by atoms with E-state index in [1.165, 1.54) is 5.56 Å². The molecule has 96 valence electrons. The molecule has 0 saturated carbocycles. The number of hydrogen-bond acceptors (Lipinski definition) is 2. The van der Waals surface area contributed by atoms with E-state index in [1.807, 2.05) is 26.4 Å². The van der Waals surface area contributed by atoms with Crippen LogP contribution in [0.1, 0.15) is 38.1 Å². The van der Waals surface area contributed by atoms with Gasteiger partial charge in [-0.3, -0.25) is 0 Å². The summed E-state index contributed by atoms with van der Waals surface area (Å²) in [5, 5.41) is 0. The smallest absolute Gasteiger partial charge is 0.0954 e. The van der Waals surface area contributed by atoms with Crippen LogP contribution in [0.3, 0.4) is 0 Å². The summed E-state index contributed by atoms with van der Waals surface area (Å²) in [6, 6.07) is 8.55. The lowest BCUT2D eigenvalue weighted by Gasteiger charge is -2.24. The summed E-state index contributed by atoms with van der Waals surface area (Å²) in [4.78, 5) is 4.23. The van der Waals surface area contributed by atoms with E-state index in [4.69, 9.17) is 5.73 Å². The van der Waals surface area contributed by atoms with Crippen molar-refractivity contribution in [2.75, 3.05) is 0 Å². The van der Waals surface area contributed by atoms with Gasteiger partial charge in [0.2, 0.25) is 0 Å². The number of benzene rings is 1. The fourth-order valence-corrected chi connectivity index (χ4v) is 2.28. The Morgan fingerprint density at radius 2 is 1.89 bits per heavy atom. The molecular formula is C14H18BrN3. The van der Waals surface area contributed by atoms with Crippen LogP contribution >= 0.6 is 15.9 Å². The molecule has 2 N–H and O–H groups in total. The fraction of sp³-hybridized carbons (Fsp3) is 0.357. The molecule has 1 heterocycles. The van der Waals surface area contributed by atoms with Crippen molar-refractivity contribution < 1.29 is 0 Å². The molecule has 1 aromatic heterocycles. The first-order valence-corrected chi connectivity index (χ1v) is 6.75. The Hall–Kier alpha value is -1.13. The SMILES string of the molecule is CC(c1ccc(Br)cc1)n1cncc1C(C)(C)N. The number of imidazole rings is 1. The minimum absolute atomic E-state index is 0.221. The van der Waals surface area contributed by atoms with Gasteiger partial charge in [0.05, 0.1) is 29.8 Å². The van der Waals surface area contributed by atoms with E-state index in [0.29, 0.717) is 0 Å². The number of nitrogens with zero attached hydrogens (tertiary/aromatic N) is 2. The van der Waals surface area contributed by atoms with Crippen molar-refractivity contribution >= 4 is 15.9 Å². The summed E-state index contributed by atoms with van der Waals surface area (Å²) in [6.07, 6.45) is 3.69. The van der Waals surface area contributed by atoms with Gasteiger partial charge in [-0.25, -0.2) is 4.98 Å². The minimum atomic E-state index is -0.389. The third-order valence-corrected chi connectivity index (χ3v) is 3.62. The predicted molar refractivity (Wildman–Crippen MR) is 77.4 cm³/mol. The normalized spacial score (nSPS) is 13.6. The molecule has 0 aliphatic carbocycles.